The zero-order valence-electron chi connectivity index (χ0n) is 22.0. The molecule has 0 unspecified atom stereocenters. The maximum Gasteiger partial charge on any atom is 0.289 e. The molecule has 0 bridgehead atoms. The third-order valence-electron chi connectivity index (χ3n) is 6.82. The number of hydrogen-bond donors (Lipinski definition) is 5. The van der Waals surface area contributed by atoms with E-state index in [0.29, 0.717) is 19.4 Å². The van der Waals surface area contributed by atoms with Crippen molar-refractivity contribution < 1.29 is 33.5 Å². The molecule has 3 fully saturated rings. The van der Waals surface area contributed by atoms with E-state index in [2.05, 4.69) is 26.6 Å². The number of ketones is 1. The van der Waals surface area contributed by atoms with E-state index in [9.17, 15) is 28.8 Å². The van der Waals surface area contributed by atoms with Crippen LogP contribution >= 0.6 is 0 Å². The number of ether oxygens (including phenoxy) is 1. The Bertz CT molecular complexity index is 936. The largest absolute Gasteiger partial charge is 0.375 e. The second-order valence-corrected chi connectivity index (χ2v) is 11.3. The van der Waals surface area contributed by atoms with Crippen molar-refractivity contribution in [2.45, 2.75) is 89.9 Å². The summed E-state index contributed by atoms with van der Waals surface area (Å²) in [6, 6.07) is -2.27. The van der Waals surface area contributed by atoms with E-state index >= 15 is 0 Å². The first-order chi connectivity index (χ1) is 17.4. The maximum absolute atomic E-state index is 13.3. The molecule has 2 heterocycles. The zero-order chi connectivity index (χ0) is 27.4. The highest BCUT2D eigenvalue weighted by Crippen LogP contribution is 2.23. The summed E-state index contributed by atoms with van der Waals surface area (Å²) in [7, 11) is 0. The molecule has 2 saturated heterocycles. The summed E-state index contributed by atoms with van der Waals surface area (Å²) in [6.45, 7) is 7.42. The van der Waals surface area contributed by atoms with Crippen LogP contribution in [-0.2, 0) is 33.5 Å². The Balaban J connectivity index is 1.71. The fourth-order valence-electron chi connectivity index (χ4n) is 4.13. The van der Waals surface area contributed by atoms with Crippen LogP contribution in [0.2, 0.25) is 0 Å². The number of Topliss-reactive ketones (excluding diaryl/α,β-unsaturated/α-hetero) is 1. The Morgan fingerprint density at radius 2 is 1.73 bits per heavy atom. The van der Waals surface area contributed by atoms with Gasteiger partial charge in [-0.2, -0.15) is 0 Å². The van der Waals surface area contributed by atoms with Gasteiger partial charge in [0.1, 0.15) is 6.04 Å². The molecular weight excluding hydrogens is 482 g/mol. The highest BCUT2D eigenvalue weighted by molar-refractivity contribution is 6.38. The van der Waals surface area contributed by atoms with Crippen LogP contribution in [0.5, 0.6) is 0 Å². The van der Waals surface area contributed by atoms with Crippen molar-refractivity contribution in [1.82, 2.24) is 26.6 Å². The van der Waals surface area contributed by atoms with E-state index in [4.69, 9.17) is 4.74 Å². The standard InChI is InChI=1S/C25H39N5O7/c1-5-6-16(29-23(36)25(12-37-13-25)30-22(35)24(2,3)4)20(33)28-17(11-14-9-10-26-19(14)32)18(31)21(34)27-15-7-8-15/h14-17H,5-13H2,1-4H3,(H,26,32)(H,27,34)(H,28,33)(H,29,36)(H,30,35)/t14-,16-,17-/m0/s1. The van der Waals surface area contributed by atoms with Gasteiger partial charge in [-0.1, -0.05) is 34.1 Å². The third-order valence-corrected chi connectivity index (χ3v) is 6.82. The molecule has 12 nitrogen and oxygen atoms in total. The van der Waals surface area contributed by atoms with Gasteiger partial charge in [-0.05, 0) is 32.1 Å². The first-order valence-electron chi connectivity index (χ1n) is 13.0. The summed E-state index contributed by atoms with van der Waals surface area (Å²) >= 11 is 0. The Morgan fingerprint density at radius 3 is 2.22 bits per heavy atom. The predicted octanol–water partition coefficient (Wildman–Crippen LogP) is -0.939. The highest BCUT2D eigenvalue weighted by Gasteiger charge is 2.49. The van der Waals surface area contributed by atoms with Gasteiger partial charge >= 0.3 is 0 Å². The molecule has 1 aliphatic carbocycles. The van der Waals surface area contributed by atoms with Crippen molar-refractivity contribution >= 4 is 35.3 Å². The van der Waals surface area contributed by atoms with Gasteiger partial charge < -0.3 is 31.3 Å². The minimum Gasteiger partial charge on any atom is -0.375 e. The van der Waals surface area contributed by atoms with E-state index in [-0.39, 0.29) is 43.9 Å². The molecule has 5 N–H and O–H groups in total. The zero-order valence-corrected chi connectivity index (χ0v) is 22.0. The van der Waals surface area contributed by atoms with E-state index in [0.717, 1.165) is 12.8 Å². The summed E-state index contributed by atoms with van der Waals surface area (Å²) in [6.07, 6.45) is 2.88. The minimum absolute atomic E-state index is 0.0132. The molecule has 3 aliphatic rings. The lowest BCUT2D eigenvalue weighted by Crippen LogP contribution is -2.72. The molecule has 1 saturated carbocycles. The van der Waals surface area contributed by atoms with Gasteiger partial charge in [-0.3, -0.25) is 28.8 Å². The summed E-state index contributed by atoms with van der Waals surface area (Å²) in [5, 5.41) is 13.4. The lowest BCUT2D eigenvalue weighted by molar-refractivity contribution is -0.157. The first kappa shape index (κ1) is 28.5. The fraction of sp³-hybridized carbons (Fsp3) is 0.760. The van der Waals surface area contributed by atoms with Crippen LogP contribution < -0.4 is 26.6 Å². The van der Waals surface area contributed by atoms with Crippen molar-refractivity contribution in [3.8, 4) is 0 Å². The lowest BCUT2D eigenvalue weighted by Gasteiger charge is -2.42. The van der Waals surface area contributed by atoms with Gasteiger partial charge in [-0.15, -0.1) is 0 Å². The second-order valence-electron chi connectivity index (χ2n) is 11.3. The molecule has 206 valence electrons. The Labute approximate surface area is 216 Å². The number of rotatable bonds is 12. The molecule has 3 rings (SSSR count). The number of carbonyl (C=O) groups is 6. The maximum atomic E-state index is 13.3. The molecule has 0 radical (unpaired) electrons. The normalized spacial score (nSPS) is 22.1. The number of carbonyl (C=O) groups excluding carboxylic acids is 6. The van der Waals surface area contributed by atoms with Crippen LogP contribution in [0.25, 0.3) is 0 Å². The van der Waals surface area contributed by atoms with E-state index < -0.39 is 52.5 Å². The summed E-state index contributed by atoms with van der Waals surface area (Å²) in [4.78, 5) is 76.6. The number of nitrogens with one attached hydrogen (secondary N) is 5. The smallest absolute Gasteiger partial charge is 0.289 e. The van der Waals surface area contributed by atoms with Gasteiger partial charge in [0.15, 0.2) is 5.54 Å². The molecule has 3 atom stereocenters. The molecule has 0 aromatic carbocycles. The average molecular weight is 522 g/mol. The van der Waals surface area contributed by atoms with Crippen LogP contribution in [0.15, 0.2) is 0 Å². The first-order valence-corrected chi connectivity index (χ1v) is 13.0. The molecule has 0 aromatic heterocycles. The van der Waals surface area contributed by atoms with Crippen molar-refractivity contribution in [3.05, 3.63) is 0 Å². The second kappa shape index (κ2) is 11.6. The highest BCUT2D eigenvalue weighted by atomic mass is 16.5. The van der Waals surface area contributed by atoms with Gasteiger partial charge in [0.25, 0.3) is 11.8 Å². The predicted molar refractivity (Wildman–Crippen MR) is 132 cm³/mol. The van der Waals surface area contributed by atoms with Crippen LogP contribution in [0, 0.1) is 11.3 Å². The molecule has 12 heteroatoms. The third kappa shape index (κ3) is 7.27. The van der Waals surface area contributed by atoms with Crippen LogP contribution in [0.4, 0.5) is 0 Å². The van der Waals surface area contributed by atoms with Gasteiger partial charge in [-0.25, -0.2) is 0 Å². The summed E-state index contributed by atoms with van der Waals surface area (Å²) < 4.78 is 5.22. The molecule has 37 heavy (non-hydrogen) atoms. The van der Waals surface area contributed by atoms with Crippen LogP contribution in [0.1, 0.15) is 66.2 Å². The van der Waals surface area contributed by atoms with Crippen LogP contribution in [-0.4, -0.2) is 78.7 Å². The number of hydrogen-bond acceptors (Lipinski definition) is 7. The molecule has 2 aliphatic heterocycles. The van der Waals surface area contributed by atoms with Gasteiger partial charge in [0.2, 0.25) is 23.5 Å². The Morgan fingerprint density at radius 1 is 1.05 bits per heavy atom. The van der Waals surface area contributed by atoms with E-state index in [1.807, 2.05) is 6.92 Å². The molecule has 5 amide bonds. The Kier molecular flexibility index (Phi) is 8.93. The SMILES string of the molecule is CCC[C@H](NC(=O)C1(NC(=O)C(C)(C)C)COC1)C(=O)N[C@@H](C[C@@H]1CCNC1=O)C(=O)C(=O)NC1CC1. The molecule has 0 spiro atoms. The minimum atomic E-state index is -1.29. The summed E-state index contributed by atoms with van der Waals surface area (Å²) in [5.74, 6) is -3.87. The van der Waals surface area contributed by atoms with E-state index in [1.54, 1.807) is 20.8 Å². The van der Waals surface area contributed by atoms with Crippen LogP contribution in [0.3, 0.4) is 0 Å². The molecular formula is C25H39N5O7. The topological polar surface area (TPSA) is 172 Å². The Hall–Kier alpha value is -3.02. The van der Waals surface area contributed by atoms with Crippen molar-refractivity contribution in [2.75, 3.05) is 19.8 Å². The average Bonchev–Trinajstić information content (AvgIpc) is 3.53. The summed E-state index contributed by atoms with van der Waals surface area (Å²) in [5.41, 5.74) is -2.03. The molecule has 0 aromatic rings. The monoisotopic (exact) mass is 521 g/mol. The van der Waals surface area contributed by atoms with Gasteiger partial charge in [0, 0.05) is 23.9 Å². The van der Waals surface area contributed by atoms with Crippen molar-refractivity contribution in [3.63, 3.8) is 0 Å². The quantitative estimate of drug-likeness (QED) is 0.206. The van der Waals surface area contributed by atoms with Gasteiger partial charge in [0.05, 0.1) is 19.3 Å². The van der Waals surface area contributed by atoms with Crippen molar-refractivity contribution in [2.24, 2.45) is 11.3 Å². The van der Waals surface area contributed by atoms with E-state index in [1.165, 1.54) is 0 Å². The van der Waals surface area contributed by atoms with Crippen molar-refractivity contribution in [1.29, 1.82) is 0 Å². The fourth-order valence-corrected chi connectivity index (χ4v) is 4.13. The number of amides is 5. The lowest BCUT2D eigenvalue weighted by atomic mass is 9.90.